The third-order valence-electron chi connectivity index (χ3n) is 6.18. The van der Waals surface area contributed by atoms with Crippen LogP contribution in [0.2, 0.25) is 0 Å². The minimum absolute atomic E-state index is 0.159. The van der Waals surface area contributed by atoms with Gasteiger partial charge in [-0.2, -0.15) is 0 Å². The van der Waals surface area contributed by atoms with Gasteiger partial charge in [0.05, 0.1) is 28.3 Å². The number of benzene rings is 4. The molecular formula is C27H23N3O8S. The number of carbonyl (C=O) groups is 1. The Morgan fingerprint density at radius 1 is 0.872 bits per heavy atom. The molecule has 0 aliphatic carbocycles. The van der Waals surface area contributed by atoms with Crippen molar-refractivity contribution in [3.8, 4) is 5.75 Å². The second-order valence-corrected chi connectivity index (χ2v) is 10.4. The Morgan fingerprint density at radius 2 is 1.49 bits per heavy atom. The van der Waals surface area contributed by atoms with Crippen molar-refractivity contribution in [1.29, 1.82) is 0 Å². The summed E-state index contributed by atoms with van der Waals surface area (Å²) < 4.78 is 33.3. The van der Waals surface area contributed by atoms with Gasteiger partial charge in [0.25, 0.3) is 21.4 Å². The molecule has 4 aromatic rings. The number of amides is 1. The lowest BCUT2D eigenvalue weighted by molar-refractivity contribution is -0.385. The monoisotopic (exact) mass is 549 g/mol. The molecule has 0 aliphatic heterocycles. The molecule has 0 saturated carbocycles. The molecule has 0 unspecified atom stereocenters. The van der Waals surface area contributed by atoms with Crippen LogP contribution in [0.4, 0.5) is 11.4 Å². The van der Waals surface area contributed by atoms with Crippen LogP contribution in [-0.2, 0) is 27.7 Å². The van der Waals surface area contributed by atoms with Crippen LogP contribution in [0.5, 0.6) is 5.75 Å². The fraction of sp³-hybridized carbons (Fsp3) is 0.148. The molecule has 0 saturated heterocycles. The largest absolute Gasteiger partial charge is 0.497 e. The zero-order valence-electron chi connectivity index (χ0n) is 20.7. The van der Waals surface area contributed by atoms with Crippen LogP contribution in [0.25, 0.3) is 10.8 Å². The number of fused-ring (bicyclic) bond motifs is 1. The van der Waals surface area contributed by atoms with Gasteiger partial charge in [-0.05, 0) is 52.6 Å². The molecule has 0 fully saturated rings. The second kappa shape index (κ2) is 11.3. The summed E-state index contributed by atoms with van der Waals surface area (Å²) in [5, 5.41) is 23.7. The number of sulfonamides is 1. The molecule has 0 spiro atoms. The van der Waals surface area contributed by atoms with Gasteiger partial charge in [0.15, 0.2) is 0 Å². The maximum Gasteiger partial charge on any atom is 0.269 e. The van der Waals surface area contributed by atoms with Crippen LogP contribution in [0.1, 0.15) is 11.1 Å². The molecule has 1 amide bonds. The molecule has 200 valence electrons. The maximum atomic E-state index is 13.6. The first-order chi connectivity index (χ1) is 18.6. The van der Waals surface area contributed by atoms with E-state index >= 15 is 0 Å². The van der Waals surface area contributed by atoms with Crippen LogP contribution in [0.15, 0.2) is 89.8 Å². The molecule has 0 radical (unpaired) electrons. The average molecular weight is 550 g/mol. The fourth-order valence-corrected chi connectivity index (χ4v) is 5.53. The maximum absolute atomic E-state index is 13.6. The molecule has 12 heteroatoms. The van der Waals surface area contributed by atoms with Crippen LogP contribution < -0.4 is 4.74 Å². The van der Waals surface area contributed by atoms with E-state index in [0.717, 1.165) is 44.9 Å². The van der Waals surface area contributed by atoms with Gasteiger partial charge in [0.2, 0.25) is 5.91 Å². The van der Waals surface area contributed by atoms with E-state index in [9.17, 15) is 33.4 Å². The standard InChI is InChI=1S/C27H23N3O8S/c1-38-24-12-7-20-3-2-4-21(26(20)18-24)15-16-28(27(31)17-19-5-8-22(9-6-19)29(32)33)39(36,37)25-13-10-23(11-14-25)30(34)35/h2-14,18H,15-17H2,1H3. The summed E-state index contributed by atoms with van der Waals surface area (Å²) in [5.41, 5.74) is 0.734. The van der Waals surface area contributed by atoms with Crippen molar-refractivity contribution in [2.45, 2.75) is 17.7 Å². The Kier molecular flexibility index (Phi) is 7.86. The zero-order valence-corrected chi connectivity index (χ0v) is 21.5. The van der Waals surface area contributed by atoms with Crippen LogP contribution in [-0.4, -0.2) is 42.1 Å². The van der Waals surface area contributed by atoms with Crippen LogP contribution in [0, 0.1) is 20.2 Å². The first kappa shape index (κ1) is 27.2. The van der Waals surface area contributed by atoms with Crippen LogP contribution >= 0.6 is 0 Å². The smallest absolute Gasteiger partial charge is 0.269 e. The number of methoxy groups -OCH3 is 1. The van der Waals surface area contributed by atoms with Crippen molar-refractivity contribution >= 4 is 38.1 Å². The average Bonchev–Trinajstić information content (AvgIpc) is 2.93. The van der Waals surface area contributed by atoms with Crippen molar-refractivity contribution in [1.82, 2.24) is 4.31 Å². The van der Waals surface area contributed by atoms with Gasteiger partial charge < -0.3 is 4.74 Å². The van der Waals surface area contributed by atoms with Crippen molar-refractivity contribution in [3.63, 3.8) is 0 Å². The number of nitrogens with zero attached hydrogens (tertiary/aromatic N) is 3. The third kappa shape index (κ3) is 6.02. The molecular weight excluding hydrogens is 526 g/mol. The molecule has 0 atom stereocenters. The van der Waals surface area contributed by atoms with E-state index < -0.39 is 25.8 Å². The van der Waals surface area contributed by atoms with Gasteiger partial charge in [-0.15, -0.1) is 0 Å². The fourth-order valence-electron chi connectivity index (χ4n) is 4.13. The first-order valence-corrected chi connectivity index (χ1v) is 13.1. The number of nitro benzene ring substituents is 2. The van der Waals surface area contributed by atoms with Crippen LogP contribution in [0.3, 0.4) is 0 Å². The molecule has 4 rings (SSSR count). The van der Waals surface area contributed by atoms with E-state index in [1.54, 1.807) is 7.11 Å². The summed E-state index contributed by atoms with van der Waals surface area (Å²) in [6.07, 6.45) is -0.143. The molecule has 0 bridgehead atoms. The minimum Gasteiger partial charge on any atom is -0.497 e. The highest BCUT2D eigenvalue weighted by molar-refractivity contribution is 7.89. The highest BCUT2D eigenvalue weighted by Crippen LogP contribution is 2.26. The van der Waals surface area contributed by atoms with Crippen molar-refractivity contribution in [3.05, 3.63) is 116 Å². The van der Waals surface area contributed by atoms with E-state index in [-0.39, 0.29) is 35.7 Å². The summed E-state index contributed by atoms with van der Waals surface area (Å²) in [7, 11) is -2.85. The summed E-state index contributed by atoms with van der Waals surface area (Å²) in [6, 6.07) is 20.6. The molecule has 11 nitrogen and oxygen atoms in total. The molecule has 0 heterocycles. The summed E-state index contributed by atoms with van der Waals surface area (Å²) in [5.74, 6) is -0.125. The zero-order chi connectivity index (χ0) is 28.2. The van der Waals surface area contributed by atoms with Gasteiger partial charge in [-0.1, -0.05) is 36.4 Å². The molecule has 4 aromatic carbocycles. The van der Waals surface area contributed by atoms with E-state index in [4.69, 9.17) is 4.74 Å². The number of non-ortho nitro benzene ring substituents is 2. The van der Waals surface area contributed by atoms with Crippen molar-refractivity contribution in [2.75, 3.05) is 13.7 Å². The Bertz CT molecular complexity index is 1650. The highest BCUT2D eigenvalue weighted by atomic mass is 32.2. The predicted molar refractivity (Wildman–Crippen MR) is 143 cm³/mol. The summed E-state index contributed by atoms with van der Waals surface area (Å²) in [4.78, 5) is 33.9. The second-order valence-electron chi connectivity index (χ2n) is 8.58. The Balaban J connectivity index is 1.68. The van der Waals surface area contributed by atoms with Gasteiger partial charge >= 0.3 is 0 Å². The first-order valence-electron chi connectivity index (χ1n) is 11.7. The van der Waals surface area contributed by atoms with E-state index in [0.29, 0.717) is 11.3 Å². The number of hydrogen-bond acceptors (Lipinski definition) is 8. The summed E-state index contributed by atoms with van der Waals surface area (Å²) >= 11 is 0. The summed E-state index contributed by atoms with van der Waals surface area (Å²) in [6.45, 7) is -0.207. The normalized spacial score (nSPS) is 11.2. The quantitative estimate of drug-likeness (QED) is 0.205. The molecule has 0 aliphatic rings. The van der Waals surface area contributed by atoms with Gasteiger partial charge in [0.1, 0.15) is 5.75 Å². The van der Waals surface area contributed by atoms with Gasteiger partial charge in [0, 0.05) is 30.8 Å². The van der Waals surface area contributed by atoms with Crippen molar-refractivity contribution < 1.29 is 27.8 Å². The van der Waals surface area contributed by atoms with E-state index in [1.807, 2.05) is 36.4 Å². The molecule has 0 aromatic heterocycles. The predicted octanol–water partition coefficient (Wildman–Crippen LogP) is 4.67. The number of rotatable bonds is 10. The van der Waals surface area contributed by atoms with E-state index in [2.05, 4.69) is 0 Å². The van der Waals surface area contributed by atoms with E-state index in [1.165, 1.54) is 24.3 Å². The molecule has 39 heavy (non-hydrogen) atoms. The number of ether oxygens (including phenoxy) is 1. The van der Waals surface area contributed by atoms with Gasteiger partial charge in [-0.3, -0.25) is 25.0 Å². The van der Waals surface area contributed by atoms with Gasteiger partial charge in [-0.25, -0.2) is 12.7 Å². The number of nitro groups is 2. The molecule has 0 N–H and O–H groups in total. The topological polar surface area (TPSA) is 150 Å². The number of hydrogen-bond donors (Lipinski definition) is 0. The lowest BCUT2D eigenvalue weighted by Gasteiger charge is -2.23. The third-order valence-corrected chi connectivity index (χ3v) is 8.01. The van der Waals surface area contributed by atoms with Crippen molar-refractivity contribution in [2.24, 2.45) is 0 Å². The Labute approximate surface area is 223 Å². The highest BCUT2D eigenvalue weighted by Gasteiger charge is 2.30. The minimum atomic E-state index is -4.39. The Hall–Kier alpha value is -4.84. The lowest BCUT2D eigenvalue weighted by atomic mass is 10.0. The SMILES string of the molecule is COc1ccc2cccc(CCN(C(=O)Cc3ccc([N+](=O)[O-])cc3)S(=O)(=O)c3ccc([N+](=O)[O-])cc3)c2c1. The lowest BCUT2D eigenvalue weighted by Crippen LogP contribution is -2.39. The number of carbonyl (C=O) groups excluding carboxylic acids is 1. The Morgan fingerprint density at radius 3 is 2.08 bits per heavy atom.